The molecule has 0 amide bonds. The number of aryl methyl sites for hydroxylation is 1. The number of hydrogen-bond donors (Lipinski definition) is 1. The second-order valence-electron chi connectivity index (χ2n) is 8.54. The molecule has 5 rings (SSSR count). The number of anilines is 1. The Morgan fingerprint density at radius 3 is 2.67 bits per heavy atom. The summed E-state index contributed by atoms with van der Waals surface area (Å²) >= 11 is 0. The first kappa shape index (κ1) is 19.3. The van der Waals surface area contributed by atoms with Gasteiger partial charge in [-0.1, -0.05) is 0 Å². The number of pyridine rings is 1. The minimum absolute atomic E-state index is 0.109. The molecule has 9 heteroatoms. The predicted octanol–water partition coefficient (Wildman–Crippen LogP) is 3.28. The number of aromatic amines is 1. The standard InChI is InChI=1S/C21H25F2N7/c1-14-16(10-25-28-14)19-26-17-11-24-6-2-15(17)20(27-19)30-8-4-21(5-9-30)3-7-29(13-21)12-18(22)23/h2,6,10-11,18H,3-5,7-9,12-13H2,1H3,(H,25,28). The Kier molecular flexibility index (Phi) is 4.85. The minimum atomic E-state index is -2.26. The summed E-state index contributed by atoms with van der Waals surface area (Å²) in [5.74, 6) is 1.55. The summed E-state index contributed by atoms with van der Waals surface area (Å²) < 4.78 is 25.6. The average molecular weight is 413 g/mol. The molecule has 30 heavy (non-hydrogen) atoms. The van der Waals surface area contributed by atoms with Crippen LogP contribution in [0.3, 0.4) is 0 Å². The number of nitrogens with one attached hydrogen (secondary N) is 1. The summed E-state index contributed by atoms with van der Waals surface area (Å²) in [6.07, 6.45) is 6.00. The Balaban J connectivity index is 1.41. The van der Waals surface area contributed by atoms with Gasteiger partial charge in [-0.05, 0) is 44.2 Å². The molecular weight excluding hydrogens is 388 g/mol. The molecule has 0 aliphatic carbocycles. The van der Waals surface area contributed by atoms with Crippen molar-refractivity contribution in [1.29, 1.82) is 0 Å². The normalized spacial score (nSPS) is 19.4. The van der Waals surface area contributed by atoms with E-state index in [0.29, 0.717) is 5.82 Å². The fourth-order valence-corrected chi connectivity index (χ4v) is 4.88. The number of piperidine rings is 1. The third kappa shape index (κ3) is 3.51. The van der Waals surface area contributed by atoms with Crippen molar-refractivity contribution in [3.63, 3.8) is 0 Å². The van der Waals surface area contributed by atoms with Gasteiger partial charge in [0.2, 0.25) is 0 Å². The van der Waals surface area contributed by atoms with Gasteiger partial charge in [0.1, 0.15) is 5.82 Å². The molecule has 0 saturated carbocycles. The van der Waals surface area contributed by atoms with Gasteiger partial charge in [-0.2, -0.15) is 5.10 Å². The van der Waals surface area contributed by atoms with Gasteiger partial charge >= 0.3 is 0 Å². The number of aromatic nitrogens is 5. The third-order valence-electron chi connectivity index (χ3n) is 6.59. The van der Waals surface area contributed by atoms with Crippen molar-refractivity contribution >= 4 is 16.7 Å². The van der Waals surface area contributed by atoms with E-state index in [1.165, 1.54) is 0 Å². The zero-order chi connectivity index (χ0) is 20.7. The molecule has 5 heterocycles. The Morgan fingerprint density at radius 2 is 1.93 bits per heavy atom. The third-order valence-corrected chi connectivity index (χ3v) is 6.59. The van der Waals surface area contributed by atoms with Gasteiger partial charge in [-0.3, -0.25) is 15.0 Å². The molecule has 3 aromatic rings. The summed E-state index contributed by atoms with van der Waals surface area (Å²) in [6, 6.07) is 1.96. The van der Waals surface area contributed by atoms with Gasteiger partial charge in [0.05, 0.1) is 30.0 Å². The molecule has 1 N–H and O–H groups in total. The topological polar surface area (TPSA) is 73.8 Å². The molecule has 2 aliphatic rings. The highest BCUT2D eigenvalue weighted by molar-refractivity contribution is 5.90. The first-order valence-electron chi connectivity index (χ1n) is 10.4. The van der Waals surface area contributed by atoms with E-state index in [0.717, 1.165) is 73.4 Å². The second kappa shape index (κ2) is 7.54. The van der Waals surface area contributed by atoms with Crippen molar-refractivity contribution in [2.45, 2.75) is 32.6 Å². The molecule has 2 aliphatic heterocycles. The van der Waals surface area contributed by atoms with Crippen LogP contribution in [-0.4, -0.2) is 69.2 Å². The van der Waals surface area contributed by atoms with Crippen LogP contribution in [0.2, 0.25) is 0 Å². The van der Waals surface area contributed by atoms with Crippen molar-refractivity contribution in [2.75, 3.05) is 37.6 Å². The van der Waals surface area contributed by atoms with Gasteiger partial charge in [0, 0.05) is 36.9 Å². The zero-order valence-electron chi connectivity index (χ0n) is 17.0. The molecule has 3 aromatic heterocycles. The Bertz CT molecular complexity index is 1040. The Hall–Kier alpha value is -2.68. The summed E-state index contributed by atoms with van der Waals surface area (Å²) in [7, 11) is 0. The van der Waals surface area contributed by atoms with Crippen molar-refractivity contribution in [2.24, 2.45) is 5.41 Å². The summed E-state index contributed by atoms with van der Waals surface area (Å²) in [5.41, 5.74) is 2.77. The van der Waals surface area contributed by atoms with Crippen LogP contribution in [0.1, 0.15) is 25.0 Å². The number of H-pyrrole nitrogens is 1. The van der Waals surface area contributed by atoms with Gasteiger partial charge in [0.25, 0.3) is 6.43 Å². The second-order valence-corrected chi connectivity index (χ2v) is 8.54. The number of alkyl halides is 2. The number of fused-ring (bicyclic) bond motifs is 1. The maximum atomic E-state index is 12.8. The molecule has 0 aromatic carbocycles. The largest absolute Gasteiger partial charge is 0.356 e. The maximum absolute atomic E-state index is 12.8. The van der Waals surface area contributed by atoms with Crippen LogP contribution >= 0.6 is 0 Å². The number of nitrogens with zero attached hydrogens (tertiary/aromatic N) is 6. The first-order valence-corrected chi connectivity index (χ1v) is 10.4. The van der Waals surface area contributed by atoms with Crippen molar-refractivity contribution in [3.8, 4) is 11.4 Å². The van der Waals surface area contributed by atoms with Crippen LogP contribution in [-0.2, 0) is 0 Å². The van der Waals surface area contributed by atoms with Crippen LogP contribution in [0.4, 0.5) is 14.6 Å². The molecule has 0 radical (unpaired) electrons. The van der Waals surface area contributed by atoms with E-state index in [1.54, 1.807) is 18.6 Å². The van der Waals surface area contributed by atoms with Crippen LogP contribution in [0, 0.1) is 12.3 Å². The van der Waals surface area contributed by atoms with Crippen molar-refractivity contribution in [1.82, 2.24) is 30.0 Å². The smallest absolute Gasteiger partial charge is 0.251 e. The molecule has 7 nitrogen and oxygen atoms in total. The SMILES string of the molecule is Cc1[nH]ncc1-c1nc(N2CCC3(CCN(CC(F)F)C3)CC2)c2ccncc2n1. The van der Waals surface area contributed by atoms with Crippen molar-refractivity contribution < 1.29 is 8.78 Å². The number of rotatable bonds is 4. The van der Waals surface area contributed by atoms with Crippen molar-refractivity contribution in [3.05, 3.63) is 30.4 Å². The average Bonchev–Trinajstić information content (AvgIpc) is 3.34. The lowest BCUT2D eigenvalue weighted by atomic mass is 9.78. The highest BCUT2D eigenvalue weighted by atomic mass is 19.3. The fourth-order valence-electron chi connectivity index (χ4n) is 4.88. The molecule has 2 saturated heterocycles. The number of likely N-dealkylation sites (tertiary alicyclic amines) is 1. The lowest BCUT2D eigenvalue weighted by Crippen LogP contribution is -2.42. The monoisotopic (exact) mass is 413 g/mol. The van der Waals surface area contributed by atoms with E-state index in [-0.39, 0.29) is 12.0 Å². The molecule has 1 spiro atoms. The predicted molar refractivity (Wildman–Crippen MR) is 111 cm³/mol. The summed E-state index contributed by atoms with van der Waals surface area (Å²) in [6.45, 7) is 5.12. The summed E-state index contributed by atoms with van der Waals surface area (Å²) in [4.78, 5) is 18.1. The van der Waals surface area contributed by atoms with Gasteiger partial charge in [0.15, 0.2) is 5.82 Å². The Morgan fingerprint density at radius 1 is 1.13 bits per heavy atom. The van der Waals surface area contributed by atoms with E-state index in [4.69, 9.17) is 9.97 Å². The molecule has 2 fully saturated rings. The van der Waals surface area contributed by atoms with Gasteiger partial charge < -0.3 is 4.90 Å². The molecule has 0 bridgehead atoms. The van der Waals surface area contributed by atoms with E-state index in [9.17, 15) is 8.78 Å². The molecule has 0 unspecified atom stereocenters. The number of halogens is 2. The summed E-state index contributed by atoms with van der Waals surface area (Å²) in [5, 5.41) is 8.03. The van der Waals surface area contributed by atoms with Crippen LogP contribution in [0.25, 0.3) is 22.3 Å². The highest BCUT2D eigenvalue weighted by Crippen LogP contribution is 2.42. The van der Waals surface area contributed by atoms with Gasteiger partial charge in [-0.25, -0.2) is 18.7 Å². The molecular formula is C21H25F2N7. The fraction of sp³-hybridized carbons (Fsp3) is 0.524. The lowest BCUT2D eigenvalue weighted by Gasteiger charge is -2.40. The van der Waals surface area contributed by atoms with E-state index < -0.39 is 6.43 Å². The van der Waals surface area contributed by atoms with E-state index in [1.807, 2.05) is 17.9 Å². The van der Waals surface area contributed by atoms with Crippen LogP contribution < -0.4 is 4.90 Å². The van der Waals surface area contributed by atoms with Gasteiger partial charge in [-0.15, -0.1) is 0 Å². The first-order chi connectivity index (χ1) is 14.5. The maximum Gasteiger partial charge on any atom is 0.251 e. The van der Waals surface area contributed by atoms with E-state index in [2.05, 4.69) is 20.1 Å². The van der Waals surface area contributed by atoms with Crippen LogP contribution in [0.5, 0.6) is 0 Å². The minimum Gasteiger partial charge on any atom is -0.356 e. The quantitative estimate of drug-likeness (QED) is 0.708. The Labute approximate surface area is 173 Å². The molecule has 158 valence electrons. The van der Waals surface area contributed by atoms with E-state index >= 15 is 0 Å². The lowest BCUT2D eigenvalue weighted by molar-refractivity contribution is 0.0906. The van der Waals surface area contributed by atoms with Crippen LogP contribution in [0.15, 0.2) is 24.7 Å². The highest BCUT2D eigenvalue weighted by Gasteiger charge is 2.41. The zero-order valence-corrected chi connectivity index (χ0v) is 17.0. The molecule has 0 atom stereocenters. The number of hydrogen-bond acceptors (Lipinski definition) is 6.